The zero-order chi connectivity index (χ0) is 27.1. The summed E-state index contributed by atoms with van der Waals surface area (Å²) in [5, 5.41) is 32.4. The van der Waals surface area contributed by atoms with E-state index >= 15 is 0 Å². The Morgan fingerprint density at radius 3 is 2.73 bits per heavy atom. The standard InChI is InChI=1S/C25H31IN4O7/c1-25(2,3)23(14-7-19(35-4)15(26)8-17(14)30(33)34)36-12-13-10-29(21-9-18(32)20(11-31)37-21)24-22(13)16(27)5-6-28-24/h5-8,10,18,20-21,23,31-32H,9,11-12H2,1-4H3,(H2,27,28)/t18?,20-,21-,23-/m1/s1. The topological polar surface area (TPSA) is 155 Å². The average molecular weight is 626 g/mol. The highest BCUT2D eigenvalue weighted by molar-refractivity contribution is 14.1. The number of benzene rings is 1. The molecule has 3 aromatic rings. The number of nitrogens with zero attached hydrogens (tertiary/aromatic N) is 3. The molecule has 200 valence electrons. The van der Waals surface area contributed by atoms with Crippen LogP contribution in [0.5, 0.6) is 5.75 Å². The minimum absolute atomic E-state index is 0.0443. The number of anilines is 1. The summed E-state index contributed by atoms with van der Waals surface area (Å²) >= 11 is 2.01. The highest BCUT2D eigenvalue weighted by Crippen LogP contribution is 2.44. The maximum atomic E-state index is 12.0. The largest absolute Gasteiger partial charge is 0.496 e. The van der Waals surface area contributed by atoms with Crippen molar-refractivity contribution in [2.45, 2.75) is 58.3 Å². The van der Waals surface area contributed by atoms with Crippen molar-refractivity contribution in [2.75, 3.05) is 19.5 Å². The van der Waals surface area contributed by atoms with Crippen molar-refractivity contribution in [2.24, 2.45) is 5.41 Å². The van der Waals surface area contributed by atoms with E-state index in [1.807, 2.05) is 49.6 Å². The maximum absolute atomic E-state index is 12.0. The van der Waals surface area contributed by atoms with Gasteiger partial charge in [-0.15, -0.1) is 0 Å². The molecule has 1 unspecified atom stereocenters. The number of aliphatic hydroxyl groups excluding tert-OH is 2. The minimum atomic E-state index is -0.810. The Balaban J connectivity index is 1.74. The molecule has 0 aliphatic carbocycles. The SMILES string of the molecule is COc1cc([C@@H](OCc2cn([C@H]3CC(O)[C@@H](CO)O3)c3nccc(N)c23)C(C)(C)C)c([N+](=O)[O-])cc1I. The Morgan fingerprint density at radius 1 is 1.41 bits per heavy atom. The number of nitrogen functional groups attached to an aromatic ring is 1. The van der Waals surface area contributed by atoms with Crippen LogP contribution in [0.25, 0.3) is 11.0 Å². The molecule has 0 amide bonds. The normalized spacial score (nSPS) is 20.9. The number of fused-ring (bicyclic) bond motifs is 1. The molecule has 4 atom stereocenters. The third kappa shape index (κ3) is 5.39. The number of ether oxygens (including phenoxy) is 3. The number of aliphatic hydroxyl groups is 2. The zero-order valence-electron chi connectivity index (χ0n) is 21.1. The number of hydrogen-bond donors (Lipinski definition) is 3. The van der Waals surface area contributed by atoms with Gasteiger partial charge in [0.2, 0.25) is 0 Å². The average Bonchev–Trinajstić information content (AvgIpc) is 3.39. The van der Waals surface area contributed by atoms with Gasteiger partial charge >= 0.3 is 0 Å². The summed E-state index contributed by atoms with van der Waals surface area (Å²) in [6.07, 6.45) is 0.988. The van der Waals surface area contributed by atoms with Crippen LogP contribution in [0.15, 0.2) is 30.6 Å². The molecule has 4 rings (SSSR count). The molecule has 1 aliphatic heterocycles. The van der Waals surface area contributed by atoms with Crippen molar-refractivity contribution in [1.82, 2.24) is 9.55 Å². The van der Waals surface area contributed by atoms with Gasteiger partial charge in [-0.05, 0) is 40.1 Å². The number of hydrogen-bond acceptors (Lipinski definition) is 9. The van der Waals surface area contributed by atoms with Crippen LogP contribution >= 0.6 is 22.6 Å². The first-order valence-electron chi connectivity index (χ1n) is 11.8. The number of halogens is 1. The molecule has 1 saturated heterocycles. The van der Waals surface area contributed by atoms with Crippen molar-refractivity contribution >= 4 is 45.0 Å². The number of pyridine rings is 1. The lowest BCUT2D eigenvalue weighted by molar-refractivity contribution is -0.386. The van der Waals surface area contributed by atoms with Gasteiger partial charge in [0, 0.05) is 41.5 Å². The van der Waals surface area contributed by atoms with Gasteiger partial charge in [0.25, 0.3) is 5.69 Å². The van der Waals surface area contributed by atoms with Gasteiger partial charge in [0.15, 0.2) is 0 Å². The quantitative estimate of drug-likeness (QED) is 0.191. The van der Waals surface area contributed by atoms with Crippen molar-refractivity contribution < 1.29 is 29.3 Å². The number of nitrogens with two attached hydrogens (primary N) is 1. The molecule has 4 N–H and O–H groups in total. The van der Waals surface area contributed by atoms with E-state index in [0.717, 1.165) is 5.56 Å². The lowest BCUT2D eigenvalue weighted by atomic mass is 9.83. The van der Waals surface area contributed by atoms with Gasteiger partial charge in [0.05, 0.1) is 46.6 Å². The number of rotatable bonds is 8. The second kappa shape index (κ2) is 10.7. The van der Waals surface area contributed by atoms with E-state index in [0.29, 0.717) is 31.6 Å². The van der Waals surface area contributed by atoms with Crippen LogP contribution in [0.2, 0.25) is 0 Å². The smallest absolute Gasteiger partial charge is 0.276 e. The fourth-order valence-corrected chi connectivity index (χ4v) is 5.40. The van der Waals surface area contributed by atoms with Crippen molar-refractivity contribution in [1.29, 1.82) is 0 Å². The summed E-state index contributed by atoms with van der Waals surface area (Å²) in [4.78, 5) is 16.0. The predicted octanol–water partition coefficient (Wildman–Crippen LogP) is 4.08. The zero-order valence-corrected chi connectivity index (χ0v) is 23.2. The van der Waals surface area contributed by atoms with Crippen LogP contribution in [0.1, 0.15) is 50.7 Å². The second-order valence-electron chi connectivity index (χ2n) is 10.1. The molecule has 12 heteroatoms. The number of aromatic nitrogens is 2. The highest BCUT2D eigenvalue weighted by atomic mass is 127. The second-order valence-corrected chi connectivity index (χ2v) is 11.3. The first kappa shape index (κ1) is 27.5. The van der Waals surface area contributed by atoms with Crippen molar-refractivity contribution in [3.8, 4) is 5.75 Å². The summed E-state index contributed by atoms with van der Waals surface area (Å²) < 4.78 is 20.1. The van der Waals surface area contributed by atoms with E-state index in [2.05, 4.69) is 4.98 Å². The predicted molar refractivity (Wildman–Crippen MR) is 145 cm³/mol. The maximum Gasteiger partial charge on any atom is 0.276 e. The molecule has 0 bridgehead atoms. The van der Waals surface area contributed by atoms with E-state index in [1.54, 1.807) is 22.9 Å². The van der Waals surface area contributed by atoms with Crippen molar-refractivity contribution in [3.05, 3.63) is 55.4 Å². The number of nitro benzene ring substituents is 1. The lowest BCUT2D eigenvalue weighted by Gasteiger charge is -2.31. The monoisotopic (exact) mass is 626 g/mol. The number of nitro groups is 1. The van der Waals surface area contributed by atoms with Gasteiger partial charge < -0.3 is 34.7 Å². The van der Waals surface area contributed by atoms with Crippen LogP contribution in [0.3, 0.4) is 0 Å². The first-order chi connectivity index (χ1) is 17.5. The summed E-state index contributed by atoms with van der Waals surface area (Å²) in [7, 11) is 1.52. The Morgan fingerprint density at radius 2 is 2.14 bits per heavy atom. The fourth-order valence-electron chi connectivity index (χ4n) is 4.73. The lowest BCUT2D eigenvalue weighted by Crippen LogP contribution is -2.24. The molecule has 11 nitrogen and oxygen atoms in total. The van der Waals surface area contributed by atoms with E-state index in [-0.39, 0.29) is 25.3 Å². The molecule has 0 saturated carbocycles. The van der Waals surface area contributed by atoms with Crippen LogP contribution in [-0.4, -0.2) is 50.6 Å². The Kier molecular flexibility index (Phi) is 7.95. The van der Waals surface area contributed by atoms with Crippen LogP contribution in [-0.2, 0) is 16.1 Å². The Hall–Kier alpha value is -2.52. The highest BCUT2D eigenvalue weighted by Gasteiger charge is 2.37. The third-order valence-corrected chi connectivity index (χ3v) is 7.33. The van der Waals surface area contributed by atoms with Gasteiger partial charge in [0.1, 0.15) is 23.7 Å². The van der Waals surface area contributed by atoms with Gasteiger partial charge in [-0.3, -0.25) is 10.1 Å². The van der Waals surface area contributed by atoms with E-state index in [9.17, 15) is 20.3 Å². The Labute approximate surface area is 227 Å². The van der Waals surface area contributed by atoms with Crippen molar-refractivity contribution in [3.63, 3.8) is 0 Å². The van der Waals surface area contributed by atoms with E-state index in [1.165, 1.54) is 13.2 Å². The minimum Gasteiger partial charge on any atom is -0.496 e. The van der Waals surface area contributed by atoms with E-state index < -0.39 is 34.9 Å². The first-order valence-corrected chi connectivity index (χ1v) is 12.9. The molecular weight excluding hydrogens is 595 g/mol. The molecule has 1 fully saturated rings. The molecule has 0 radical (unpaired) electrons. The van der Waals surface area contributed by atoms with Gasteiger partial charge in [-0.2, -0.15) is 0 Å². The molecular formula is C25H31IN4O7. The molecule has 0 spiro atoms. The number of methoxy groups -OCH3 is 1. The summed E-state index contributed by atoms with van der Waals surface area (Å²) in [5.41, 5.74) is 7.97. The van der Waals surface area contributed by atoms with E-state index in [4.69, 9.17) is 19.9 Å². The molecule has 3 heterocycles. The summed E-state index contributed by atoms with van der Waals surface area (Å²) in [5.74, 6) is 0.527. The van der Waals surface area contributed by atoms with Crippen LogP contribution in [0, 0.1) is 19.1 Å². The summed E-state index contributed by atoms with van der Waals surface area (Å²) in [6.45, 7) is 5.65. The summed E-state index contributed by atoms with van der Waals surface area (Å²) in [6, 6.07) is 4.84. The van der Waals surface area contributed by atoms with Gasteiger partial charge in [-0.1, -0.05) is 20.8 Å². The third-order valence-electron chi connectivity index (χ3n) is 6.49. The molecule has 1 aromatic carbocycles. The molecule has 37 heavy (non-hydrogen) atoms. The van der Waals surface area contributed by atoms with Gasteiger partial charge in [-0.25, -0.2) is 4.98 Å². The fraction of sp³-hybridized carbons (Fsp3) is 0.480. The Bertz CT molecular complexity index is 1310. The van der Waals surface area contributed by atoms with Crippen LogP contribution < -0.4 is 10.5 Å². The molecule has 1 aliphatic rings. The molecule has 2 aromatic heterocycles. The van der Waals surface area contributed by atoms with Crippen LogP contribution in [0.4, 0.5) is 11.4 Å².